The van der Waals surface area contributed by atoms with Gasteiger partial charge in [-0.15, -0.1) is 0 Å². The molecule has 0 bridgehead atoms. The standard InChI is InChI=1S/C12H20BrN3O3S/c1-5-14-11-10(6-9(13)7-15-11)20(18,19)16(4)8-12(2,3)17/h6-7,17H,5,8H2,1-4H3,(H,14,15). The summed E-state index contributed by atoms with van der Waals surface area (Å²) in [6, 6.07) is 1.50. The Labute approximate surface area is 128 Å². The van der Waals surface area contributed by atoms with Crippen molar-refractivity contribution in [2.75, 3.05) is 25.5 Å². The van der Waals surface area contributed by atoms with Crippen LogP contribution < -0.4 is 5.32 Å². The Morgan fingerprint density at radius 2 is 2.10 bits per heavy atom. The van der Waals surface area contributed by atoms with Crippen molar-refractivity contribution in [2.24, 2.45) is 0 Å². The molecule has 1 aromatic rings. The lowest BCUT2D eigenvalue weighted by Gasteiger charge is -2.25. The second kappa shape index (κ2) is 6.38. The number of likely N-dealkylation sites (N-methyl/N-ethyl adjacent to an activating group) is 1. The van der Waals surface area contributed by atoms with Crippen molar-refractivity contribution in [1.29, 1.82) is 0 Å². The van der Waals surface area contributed by atoms with Crippen LogP contribution in [-0.2, 0) is 10.0 Å². The zero-order valence-corrected chi connectivity index (χ0v) is 14.4. The lowest BCUT2D eigenvalue weighted by molar-refractivity contribution is 0.0640. The summed E-state index contributed by atoms with van der Waals surface area (Å²) in [5.41, 5.74) is -1.11. The van der Waals surface area contributed by atoms with E-state index < -0.39 is 15.6 Å². The first-order valence-electron chi connectivity index (χ1n) is 6.16. The first-order chi connectivity index (χ1) is 9.08. The van der Waals surface area contributed by atoms with Crippen molar-refractivity contribution in [3.63, 3.8) is 0 Å². The van der Waals surface area contributed by atoms with Gasteiger partial charge in [0.1, 0.15) is 10.7 Å². The molecule has 8 heteroatoms. The first kappa shape index (κ1) is 17.4. The zero-order chi connectivity index (χ0) is 15.6. The van der Waals surface area contributed by atoms with Gasteiger partial charge in [0.15, 0.2) is 0 Å². The number of hydrogen-bond acceptors (Lipinski definition) is 5. The lowest BCUT2D eigenvalue weighted by atomic mass is 10.1. The highest BCUT2D eigenvalue weighted by atomic mass is 79.9. The number of nitrogens with zero attached hydrogens (tertiary/aromatic N) is 2. The van der Waals surface area contributed by atoms with Crippen LogP contribution in [0.5, 0.6) is 0 Å². The fourth-order valence-electron chi connectivity index (χ4n) is 1.72. The summed E-state index contributed by atoms with van der Waals surface area (Å²) >= 11 is 3.23. The molecule has 0 fully saturated rings. The minimum absolute atomic E-state index is 0.00654. The van der Waals surface area contributed by atoms with Crippen molar-refractivity contribution < 1.29 is 13.5 Å². The maximum absolute atomic E-state index is 12.6. The fourth-order valence-corrected chi connectivity index (χ4v) is 3.66. The van der Waals surface area contributed by atoms with Crippen LogP contribution in [0.3, 0.4) is 0 Å². The Bertz CT molecular complexity index is 570. The molecule has 0 aliphatic rings. The average molecular weight is 366 g/mol. The number of rotatable bonds is 6. The van der Waals surface area contributed by atoms with Gasteiger partial charge in [0.05, 0.1) is 5.60 Å². The molecule has 0 atom stereocenters. The first-order valence-corrected chi connectivity index (χ1v) is 8.39. The van der Waals surface area contributed by atoms with E-state index in [1.54, 1.807) is 13.8 Å². The molecule has 0 unspecified atom stereocenters. The van der Waals surface area contributed by atoms with Gasteiger partial charge in [-0.3, -0.25) is 0 Å². The predicted molar refractivity (Wildman–Crippen MR) is 82.2 cm³/mol. The van der Waals surface area contributed by atoms with Crippen LogP contribution in [0.25, 0.3) is 0 Å². The van der Waals surface area contributed by atoms with Crippen molar-refractivity contribution in [2.45, 2.75) is 31.3 Å². The quantitative estimate of drug-likeness (QED) is 0.800. The molecule has 20 heavy (non-hydrogen) atoms. The number of pyridine rings is 1. The van der Waals surface area contributed by atoms with E-state index >= 15 is 0 Å². The Morgan fingerprint density at radius 3 is 2.60 bits per heavy atom. The molecule has 0 radical (unpaired) electrons. The van der Waals surface area contributed by atoms with Crippen LogP contribution in [0.15, 0.2) is 21.6 Å². The fraction of sp³-hybridized carbons (Fsp3) is 0.583. The molecule has 0 aliphatic carbocycles. The molecule has 2 N–H and O–H groups in total. The van der Waals surface area contributed by atoms with E-state index in [2.05, 4.69) is 26.2 Å². The van der Waals surface area contributed by atoms with Gasteiger partial charge in [0, 0.05) is 30.8 Å². The Kier molecular flexibility index (Phi) is 5.54. The minimum Gasteiger partial charge on any atom is -0.389 e. The molecule has 0 amide bonds. The predicted octanol–water partition coefficient (Wildman–Crippen LogP) is 1.67. The molecule has 0 saturated carbocycles. The molecule has 114 valence electrons. The summed E-state index contributed by atoms with van der Waals surface area (Å²) in [6.45, 7) is 5.53. The number of nitrogens with one attached hydrogen (secondary N) is 1. The van der Waals surface area contributed by atoms with Gasteiger partial charge >= 0.3 is 0 Å². The number of halogens is 1. The summed E-state index contributed by atoms with van der Waals surface area (Å²) in [6.07, 6.45) is 1.53. The number of aromatic nitrogens is 1. The number of sulfonamides is 1. The molecule has 1 aromatic heterocycles. The SMILES string of the molecule is CCNc1ncc(Br)cc1S(=O)(=O)N(C)CC(C)(C)O. The summed E-state index contributed by atoms with van der Waals surface area (Å²) < 4.78 is 26.8. The average Bonchev–Trinajstić information content (AvgIpc) is 2.29. The van der Waals surface area contributed by atoms with Crippen molar-refractivity contribution >= 4 is 31.8 Å². The molecule has 1 heterocycles. The third-order valence-corrected chi connectivity index (χ3v) is 4.71. The van der Waals surface area contributed by atoms with Crippen molar-refractivity contribution in [3.05, 3.63) is 16.7 Å². The minimum atomic E-state index is -3.73. The van der Waals surface area contributed by atoms with Gasteiger partial charge in [-0.2, -0.15) is 4.31 Å². The van der Waals surface area contributed by atoms with E-state index in [1.807, 2.05) is 6.92 Å². The maximum atomic E-state index is 12.6. The summed E-state index contributed by atoms with van der Waals surface area (Å²) in [7, 11) is -2.29. The van der Waals surface area contributed by atoms with Crippen LogP contribution >= 0.6 is 15.9 Å². The molecule has 0 spiro atoms. The Balaban J connectivity index is 3.23. The maximum Gasteiger partial charge on any atom is 0.246 e. The van der Waals surface area contributed by atoms with Crippen LogP contribution in [0.4, 0.5) is 5.82 Å². The smallest absolute Gasteiger partial charge is 0.246 e. The van der Waals surface area contributed by atoms with Crippen LogP contribution in [0.1, 0.15) is 20.8 Å². The van der Waals surface area contributed by atoms with E-state index in [0.717, 1.165) is 4.31 Å². The van der Waals surface area contributed by atoms with Crippen molar-refractivity contribution in [1.82, 2.24) is 9.29 Å². The van der Waals surface area contributed by atoms with E-state index in [0.29, 0.717) is 16.8 Å². The van der Waals surface area contributed by atoms with E-state index in [-0.39, 0.29) is 11.4 Å². The molecule has 0 aromatic carbocycles. The summed E-state index contributed by atoms with van der Waals surface area (Å²) in [5, 5.41) is 12.7. The number of aliphatic hydroxyl groups is 1. The molecule has 1 rings (SSSR count). The van der Waals surface area contributed by atoms with Gasteiger partial charge in [0.25, 0.3) is 0 Å². The van der Waals surface area contributed by atoms with Gasteiger partial charge in [0.2, 0.25) is 10.0 Å². The van der Waals surface area contributed by atoms with Gasteiger partial charge < -0.3 is 10.4 Å². The largest absolute Gasteiger partial charge is 0.389 e. The highest BCUT2D eigenvalue weighted by Gasteiger charge is 2.29. The summed E-state index contributed by atoms with van der Waals surface area (Å²) in [4.78, 5) is 4.17. The van der Waals surface area contributed by atoms with E-state index in [1.165, 1.54) is 19.3 Å². The summed E-state index contributed by atoms with van der Waals surface area (Å²) in [5.74, 6) is 0.304. The van der Waals surface area contributed by atoms with Gasteiger partial charge in [-0.25, -0.2) is 13.4 Å². The number of anilines is 1. The monoisotopic (exact) mass is 365 g/mol. The Morgan fingerprint density at radius 1 is 1.50 bits per heavy atom. The topological polar surface area (TPSA) is 82.5 Å². The second-order valence-electron chi connectivity index (χ2n) is 5.10. The normalized spacial score (nSPS) is 12.8. The van der Waals surface area contributed by atoms with Crippen LogP contribution in [-0.4, -0.2) is 48.6 Å². The molecule has 6 nitrogen and oxygen atoms in total. The van der Waals surface area contributed by atoms with Gasteiger partial charge in [-0.05, 0) is 42.8 Å². The second-order valence-corrected chi connectivity index (χ2v) is 8.03. The van der Waals surface area contributed by atoms with Crippen LogP contribution in [0.2, 0.25) is 0 Å². The third kappa shape index (κ3) is 4.41. The lowest BCUT2D eigenvalue weighted by Crippen LogP contribution is -2.39. The third-order valence-electron chi connectivity index (χ3n) is 2.46. The highest BCUT2D eigenvalue weighted by molar-refractivity contribution is 9.10. The zero-order valence-electron chi connectivity index (χ0n) is 12.0. The molecular weight excluding hydrogens is 346 g/mol. The molecule has 0 aliphatic heterocycles. The van der Waals surface area contributed by atoms with E-state index in [9.17, 15) is 13.5 Å². The number of hydrogen-bond donors (Lipinski definition) is 2. The van der Waals surface area contributed by atoms with E-state index in [4.69, 9.17) is 0 Å². The highest BCUT2D eigenvalue weighted by Crippen LogP contribution is 2.26. The van der Waals surface area contributed by atoms with Crippen molar-refractivity contribution in [3.8, 4) is 0 Å². The Hall–Kier alpha value is -0.700. The van der Waals surface area contributed by atoms with Crippen LogP contribution in [0, 0.1) is 0 Å². The molecular formula is C12H20BrN3O3S. The van der Waals surface area contributed by atoms with Gasteiger partial charge in [-0.1, -0.05) is 0 Å². The molecule has 0 saturated heterocycles.